The molecule has 2 N–H and O–H groups in total. The van der Waals surface area contributed by atoms with Crippen LogP contribution in [0.2, 0.25) is 0 Å². The van der Waals surface area contributed by atoms with Crippen LogP contribution in [0.5, 0.6) is 0 Å². The Bertz CT molecular complexity index is 1460. The standard InChI is InChI=1S/C23H20N6O2S3/c1-3-21-27-28-23(33-21)29-34(30,31)19-10-8-18(9-11-19)25-13-17(12-24)22-26-20(14-32-22)16-6-4-15(2)5-7-16/h4-11,13-14,25H,3H2,1-2H3,(H,28,29). The molecule has 0 amide bonds. The molecule has 0 fully saturated rings. The maximum atomic E-state index is 12.6. The number of benzene rings is 2. The Morgan fingerprint density at radius 2 is 1.85 bits per heavy atom. The lowest BCUT2D eigenvalue weighted by Gasteiger charge is -2.06. The average Bonchev–Trinajstić information content (AvgIpc) is 3.50. The van der Waals surface area contributed by atoms with Crippen LogP contribution in [-0.2, 0) is 16.4 Å². The number of thiazole rings is 1. The van der Waals surface area contributed by atoms with Crippen molar-refractivity contribution in [3.05, 3.63) is 75.7 Å². The highest BCUT2D eigenvalue weighted by Gasteiger charge is 2.16. The number of hydrogen-bond acceptors (Lipinski definition) is 9. The summed E-state index contributed by atoms with van der Waals surface area (Å²) < 4.78 is 27.6. The molecular weight excluding hydrogens is 488 g/mol. The predicted octanol–water partition coefficient (Wildman–Crippen LogP) is 5.31. The van der Waals surface area contributed by atoms with Crippen LogP contribution in [-0.4, -0.2) is 23.6 Å². The SMILES string of the molecule is CCc1nnc(NS(=O)(=O)c2ccc(NC=C(C#N)c3nc(-c4ccc(C)cc4)cs3)cc2)s1. The van der Waals surface area contributed by atoms with Crippen molar-refractivity contribution in [3.63, 3.8) is 0 Å². The molecule has 0 aliphatic heterocycles. The highest BCUT2D eigenvalue weighted by molar-refractivity contribution is 7.93. The van der Waals surface area contributed by atoms with E-state index >= 15 is 0 Å². The smallest absolute Gasteiger partial charge is 0.263 e. The van der Waals surface area contributed by atoms with E-state index in [9.17, 15) is 13.7 Å². The molecule has 4 rings (SSSR count). The van der Waals surface area contributed by atoms with E-state index in [1.807, 2.05) is 43.5 Å². The van der Waals surface area contributed by atoms with Crippen molar-refractivity contribution in [1.82, 2.24) is 15.2 Å². The molecule has 0 unspecified atom stereocenters. The number of aromatic nitrogens is 3. The van der Waals surface area contributed by atoms with Crippen LogP contribution < -0.4 is 10.0 Å². The Hall–Kier alpha value is -3.59. The zero-order chi connectivity index (χ0) is 24.1. The second kappa shape index (κ2) is 10.1. The number of nitrogens with one attached hydrogen (secondary N) is 2. The third kappa shape index (κ3) is 5.48. The molecule has 11 heteroatoms. The Balaban J connectivity index is 1.45. The first-order chi connectivity index (χ1) is 16.4. The summed E-state index contributed by atoms with van der Waals surface area (Å²) in [7, 11) is -3.78. The monoisotopic (exact) mass is 508 g/mol. The summed E-state index contributed by atoms with van der Waals surface area (Å²) in [6, 6.07) is 16.4. The predicted molar refractivity (Wildman–Crippen MR) is 136 cm³/mol. The van der Waals surface area contributed by atoms with Gasteiger partial charge in [-0.15, -0.1) is 21.5 Å². The summed E-state index contributed by atoms with van der Waals surface area (Å²) >= 11 is 2.59. The van der Waals surface area contributed by atoms with E-state index < -0.39 is 10.0 Å². The van der Waals surface area contributed by atoms with Crippen molar-refractivity contribution >= 4 is 49.1 Å². The van der Waals surface area contributed by atoms with E-state index in [1.54, 1.807) is 18.3 Å². The van der Waals surface area contributed by atoms with Crippen molar-refractivity contribution < 1.29 is 8.42 Å². The van der Waals surface area contributed by atoms with Gasteiger partial charge in [0.1, 0.15) is 21.7 Å². The minimum absolute atomic E-state index is 0.0958. The Morgan fingerprint density at radius 1 is 1.12 bits per heavy atom. The Morgan fingerprint density at radius 3 is 2.50 bits per heavy atom. The fourth-order valence-electron chi connectivity index (χ4n) is 2.89. The van der Waals surface area contributed by atoms with Crippen LogP contribution in [0.3, 0.4) is 0 Å². The van der Waals surface area contributed by atoms with Gasteiger partial charge < -0.3 is 5.32 Å². The van der Waals surface area contributed by atoms with E-state index in [0.29, 0.717) is 22.7 Å². The number of nitrogens with zero attached hydrogens (tertiary/aromatic N) is 4. The van der Waals surface area contributed by atoms with Gasteiger partial charge in [-0.3, -0.25) is 4.72 Å². The average molecular weight is 509 g/mol. The number of allylic oxidation sites excluding steroid dienone is 1. The van der Waals surface area contributed by atoms with E-state index in [2.05, 4.69) is 31.3 Å². The fourth-order valence-corrected chi connectivity index (χ4v) is 5.60. The number of aryl methyl sites for hydroxylation is 2. The molecule has 0 saturated carbocycles. The van der Waals surface area contributed by atoms with E-state index in [4.69, 9.17) is 0 Å². The van der Waals surface area contributed by atoms with Crippen LogP contribution in [0.1, 0.15) is 22.5 Å². The molecule has 2 aromatic carbocycles. The number of anilines is 2. The van der Waals surface area contributed by atoms with Crippen molar-refractivity contribution in [2.75, 3.05) is 10.0 Å². The van der Waals surface area contributed by atoms with Crippen LogP contribution in [0, 0.1) is 18.3 Å². The molecule has 0 spiro atoms. The first kappa shape index (κ1) is 23.6. The lowest BCUT2D eigenvalue weighted by Crippen LogP contribution is -2.12. The maximum Gasteiger partial charge on any atom is 0.263 e. The molecular formula is C23H20N6O2S3. The van der Waals surface area contributed by atoms with Gasteiger partial charge in [0.2, 0.25) is 5.13 Å². The zero-order valence-electron chi connectivity index (χ0n) is 18.3. The number of hydrogen-bond donors (Lipinski definition) is 2. The Labute approximate surface area is 205 Å². The Kier molecular flexibility index (Phi) is 7.02. The van der Waals surface area contributed by atoms with Gasteiger partial charge in [0.25, 0.3) is 10.0 Å². The molecule has 0 bridgehead atoms. The minimum atomic E-state index is -3.78. The number of nitriles is 1. The van der Waals surface area contributed by atoms with E-state index in [1.165, 1.54) is 40.4 Å². The summed E-state index contributed by atoms with van der Waals surface area (Å²) in [5.41, 5.74) is 3.98. The molecule has 0 aliphatic rings. The molecule has 0 atom stereocenters. The van der Waals surface area contributed by atoms with Crippen molar-refractivity contribution in [3.8, 4) is 17.3 Å². The van der Waals surface area contributed by atoms with Crippen LogP contribution in [0.4, 0.5) is 10.8 Å². The third-order valence-corrected chi connectivity index (χ3v) is 8.08. The second-order valence-electron chi connectivity index (χ2n) is 7.20. The summed E-state index contributed by atoms with van der Waals surface area (Å²) in [4.78, 5) is 4.67. The van der Waals surface area contributed by atoms with Gasteiger partial charge in [-0.2, -0.15) is 5.26 Å². The molecule has 2 heterocycles. The first-order valence-corrected chi connectivity index (χ1v) is 13.4. The summed E-state index contributed by atoms with van der Waals surface area (Å²) in [5, 5.41) is 23.9. The van der Waals surface area contributed by atoms with Gasteiger partial charge in [-0.25, -0.2) is 13.4 Å². The zero-order valence-corrected chi connectivity index (χ0v) is 20.8. The highest BCUT2D eigenvalue weighted by Crippen LogP contribution is 2.27. The fraction of sp³-hybridized carbons (Fsp3) is 0.130. The molecule has 8 nitrogen and oxygen atoms in total. The van der Waals surface area contributed by atoms with Gasteiger partial charge in [0.15, 0.2) is 0 Å². The second-order valence-corrected chi connectivity index (χ2v) is 10.8. The number of rotatable bonds is 8. The van der Waals surface area contributed by atoms with Crippen molar-refractivity contribution in [1.29, 1.82) is 5.26 Å². The third-order valence-electron chi connectivity index (χ3n) is 4.74. The van der Waals surface area contributed by atoms with Gasteiger partial charge in [0.05, 0.1) is 10.6 Å². The van der Waals surface area contributed by atoms with Gasteiger partial charge >= 0.3 is 0 Å². The van der Waals surface area contributed by atoms with E-state index in [-0.39, 0.29) is 10.0 Å². The normalized spacial score (nSPS) is 11.7. The molecule has 0 radical (unpaired) electrons. The summed E-state index contributed by atoms with van der Waals surface area (Å²) in [6.07, 6.45) is 2.25. The van der Waals surface area contributed by atoms with E-state index in [0.717, 1.165) is 16.3 Å². The number of sulfonamides is 1. The minimum Gasteiger partial charge on any atom is -0.360 e. The summed E-state index contributed by atoms with van der Waals surface area (Å²) in [6.45, 7) is 3.95. The lowest BCUT2D eigenvalue weighted by atomic mass is 10.1. The quantitative estimate of drug-likeness (QED) is 0.309. The van der Waals surface area contributed by atoms with Crippen LogP contribution >= 0.6 is 22.7 Å². The lowest BCUT2D eigenvalue weighted by molar-refractivity contribution is 0.601. The summed E-state index contributed by atoms with van der Waals surface area (Å²) in [5.74, 6) is 0. The molecule has 0 saturated heterocycles. The van der Waals surface area contributed by atoms with Gasteiger partial charge in [0, 0.05) is 22.8 Å². The van der Waals surface area contributed by atoms with Crippen LogP contribution in [0.25, 0.3) is 16.8 Å². The topological polar surface area (TPSA) is 121 Å². The van der Waals surface area contributed by atoms with Gasteiger partial charge in [-0.05, 0) is 37.6 Å². The molecule has 172 valence electrons. The molecule has 4 aromatic rings. The first-order valence-electron chi connectivity index (χ1n) is 10.2. The largest absolute Gasteiger partial charge is 0.360 e. The van der Waals surface area contributed by atoms with Crippen LogP contribution in [0.15, 0.2) is 65.0 Å². The molecule has 34 heavy (non-hydrogen) atoms. The van der Waals surface area contributed by atoms with Gasteiger partial charge in [-0.1, -0.05) is 48.1 Å². The highest BCUT2D eigenvalue weighted by atomic mass is 32.2. The van der Waals surface area contributed by atoms with Crippen molar-refractivity contribution in [2.45, 2.75) is 25.2 Å². The maximum absolute atomic E-state index is 12.6. The molecule has 2 aromatic heterocycles. The van der Waals surface area contributed by atoms with Crippen molar-refractivity contribution in [2.24, 2.45) is 0 Å². The molecule has 0 aliphatic carbocycles.